The lowest BCUT2D eigenvalue weighted by atomic mass is 10.1. The Morgan fingerprint density at radius 1 is 0.960 bits per heavy atom. The van der Waals surface area contributed by atoms with E-state index in [-0.39, 0.29) is 6.54 Å². The summed E-state index contributed by atoms with van der Waals surface area (Å²) in [5, 5.41) is 0. The third kappa shape index (κ3) is 4.04. The fourth-order valence-corrected chi connectivity index (χ4v) is 3.26. The molecule has 0 fully saturated rings. The van der Waals surface area contributed by atoms with Crippen molar-refractivity contribution in [3.05, 3.63) is 78.3 Å². The Bertz CT molecular complexity index is 996. The quantitative estimate of drug-likeness (QED) is 0.758. The van der Waals surface area contributed by atoms with Crippen molar-refractivity contribution >= 4 is 10.0 Å². The molecule has 0 saturated carbocycles. The lowest BCUT2D eigenvalue weighted by Gasteiger charge is -2.08. The first kappa shape index (κ1) is 17.1. The van der Waals surface area contributed by atoms with Crippen LogP contribution in [0.5, 0.6) is 0 Å². The zero-order valence-electron chi connectivity index (χ0n) is 12.9. The number of nitrogens with zero attached hydrogens (tertiary/aromatic N) is 2. The van der Waals surface area contributed by atoms with Crippen LogP contribution in [-0.4, -0.2) is 18.4 Å². The molecule has 128 valence electrons. The molecule has 0 amide bonds. The fourth-order valence-electron chi connectivity index (χ4n) is 2.20. The topological polar surface area (TPSA) is 72.0 Å². The van der Waals surface area contributed by atoms with E-state index in [0.29, 0.717) is 17.5 Å². The first-order valence-corrected chi connectivity index (χ1v) is 8.75. The van der Waals surface area contributed by atoms with E-state index < -0.39 is 26.6 Å². The molecule has 3 aromatic rings. The van der Waals surface area contributed by atoms with Gasteiger partial charge in [-0.15, -0.1) is 0 Å². The second-order valence-electron chi connectivity index (χ2n) is 5.16. The lowest BCUT2D eigenvalue weighted by molar-refractivity contribution is 0.542. The van der Waals surface area contributed by atoms with E-state index in [1.807, 2.05) is 30.3 Å². The van der Waals surface area contributed by atoms with E-state index in [1.165, 1.54) is 6.33 Å². The molecule has 0 saturated heterocycles. The van der Waals surface area contributed by atoms with Crippen molar-refractivity contribution < 1.29 is 17.2 Å². The molecule has 8 heteroatoms. The van der Waals surface area contributed by atoms with Crippen molar-refractivity contribution in [3.63, 3.8) is 0 Å². The van der Waals surface area contributed by atoms with Crippen LogP contribution in [0.4, 0.5) is 8.78 Å². The first-order chi connectivity index (χ1) is 12.0. The molecular formula is C17H13F2N3O2S. The molecule has 1 N–H and O–H groups in total. The smallest absolute Gasteiger partial charge is 0.240 e. The van der Waals surface area contributed by atoms with Crippen LogP contribution in [0.15, 0.2) is 65.8 Å². The number of hydrogen-bond acceptors (Lipinski definition) is 4. The van der Waals surface area contributed by atoms with E-state index >= 15 is 0 Å². The summed E-state index contributed by atoms with van der Waals surface area (Å²) in [5.74, 6) is -2.00. The van der Waals surface area contributed by atoms with Crippen LogP contribution in [0.3, 0.4) is 0 Å². The maximum absolute atomic E-state index is 13.7. The van der Waals surface area contributed by atoms with Gasteiger partial charge in [-0.3, -0.25) is 0 Å². The molecule has 25 heavy (non-hydrogen) atoms. The number of sulfonamides is 1. The van der Waals surface area contributed by atoms with Gasteiger partial charge in [0.25, 0.3) is 0 Å². The minimum atomic E-state index is -4.14. The summed E-state index contributed by atoms with van der Waals surface area (Å²) >= 11 is 0. The Morgan fingerprint density at radius 2 is 1.72 bits per heavy atom. The predicted octanol–water partition coefficient (Wildman–Crippen LogP) is 2.90. The zero-order chi connectivity index (χ0) is 17.9. The fraction of sp³-hybridized carbons (Fsp3) is 0.0588. The van der Waals surface area contributed by atoms with Gasteiger partial charge in [0.1, 0.15) is 22.9 Å². The number of rotatable bonds is 5. The Balaban J connectivity index is 1.79. The number of nitrogens with one attached hydrogen (secondary N) is 1. The number of halogens is 2. The van der Waals surface area contributed by atoms with Crippen molar-refractivity contribution in [1.82, 2.24) is 14.7 Å². The summed E-state index contributed by atoms with van der Waals surface area (Å²) in [6.45, 7) is -0.151. The third-order valence-electron chi connectivity index (χ3n) is 3.42. The Labute approximate surface area is 143 Å². The second kappa shape index (κ2) is 7.04. The molecular weight excluding hydrogens is 348 g/mol. The van der Waals surface area contributed by atoms with Gasteiger partial charge >= 0.3 is 0 Å². The second-order valence-corrected chi connectivity index (χ2v) is 6.90. The standard InChI is InChI=1S/C17H13F2N3O2S/c18-13-6-7-17(15(19)8-13)25(23,24)22-10-14-9-16(21-11-20-14)12-4-2-1-3-5-12/h1-9,11,22H,10H2. The number of hydrogen-bond donors (Lipinski definition) is 1. The average Bonchev–Trinajstić information content (AvgIpc) is 2.61. The van der Waals surface area contributed by atoms with Crippen LogP contribution in [-0.2, 0) is 16.6 Å². The van der Waals surface area contributed by atoms with Crippen LogP contribution < -0.4 is 4.72 Å². The highest BCUT2D eigenvalue weighted by Gasteiger charge is 2.19. The van der Waals surface area contributed by atoms with Gasteiger partial charge in [-0.05, 0) is 18.2 Å². The Kier molecular flexibility index (Phi) is 4.82. The zero-order valence-corrected chi connectivity index (χ0v) is 13.7. The lowest BCUT2D eigenvalue weighted by Crippen LogP contribution is -2.24. The Morgan fingerprint density at radius 3 is 2.44 bits per heavy atom. The van der Waals surface area contributed by atoms with Crippen molar-refractivity contribution in [2.75, 3.05) is 0 Å². The monoisotopic (exact) mass is 361 g/mol. The van der Waals surface area contributed by atoms with Gasteiger partial charge in [0.15, 0.2) is 0 Å². The van der Waals surface area contributed by atoms with Gasteiger partial charge < -0.3 is 0 Å². The summed E-state index contributed by atoms with van der Waals surface area (Å²) in [6, 6.07) is 13.2. The highest BCUT2D eigenvalue weighted by Crippen LogP contribution is 2.18. The molecule has 2 aromatic carbocycles. The largest absolute Gasteiger partial charge is 0.243 e. The molecule has 0 aliphatic rings. The minimum Gasteiger partial charge on any atom is -0.240 e. The molecule has 1 heterocycles. The average molecular weight is 361 g/mol. The molecule has 0 aliphatic carbocycles. The maximum Gasteiger partial charge on any atom is 0.243 e. The van der Waals surface area contributed by atoms with Gasteiger partial charge in [0, 0.05) is 11.6 Å². The van der Waals surface area contributed by atoms with Crippen molar-refractivity contribution in [2.45, 2.75) is 11.4 Å². The maximum atomic E-state index is 13.7. The summed E-state index contributed by atoms with van der Waals surface area (Å²) in [4.78, 5) is 7.53. The van der Waals surface area contributed by atoms with Crippen LogP contribution in [0, 0.1) is 11.6 Å². The number of benzene rings is 2. The highest BCUT2D eigenvalue weighted by molar-refractivity contribution is 7.89. The molecule has 0 unspecified atom stereocenters. The van der Waals surface area contributed by atoms with E-state index in [1.54, 1.807) is 6.07 Å². The molecule has 0 atom stereocenters. The van der Waals surface area contributed by atoms with Crippen LogP contribution in [0.2, 0.25) is 0 Å². The predicted molar refractivity (Wildman–Crippen MR) is 87.9 cm³/mol. The summed E-state index contributed by atoms with van der Waals surface area (Å²) in [6.07, 6.45) is 1.32. The van der Waals surface area contributed by atoms with E-state index in [0.717, 1.165) is 17.7 Å². The normalized spacial score (nSPS) is 11.4. The Hall–Kier alpha value is -2.71. The highest BCUT2D eigenvalue weighted by atomic mass is 32.2. The van der Waals surface area contributed by atoms with Crippen molar-refractivity contribution in [2.24, 2.45) is 0 Å². The van der Waals surface area contributed by atoms with E-state index in [4.69, 9.17) is 0 Å². The molecule has 5 nitrogen and oxygen atoms in total. The van der Waals surface area contributed by atoms with E-state index in [2.05, 4.69) is 14.7 Å². The minimum absolute atomic E-state index is 0.151. The van der Waals surface area contributed by atoms with Crippen LogP contribution in [0.25, 0.3) is 11.3 Å². The van der Waals surface area contributed by atoms with Gasteiger partial charge in [0.05, 0.1) is 17.9 Å². The summed E-state index contributed by atoms with van der Waals surface area (Å²) < 4.78 is 53.2. The van der Waals surface area contributed by atoms with Crippen molar-refractivity contribution in [3.8, 4) is 11.3 Å². The van der Waals surface area contributed by atoms with Gasteiger partial charge in [-0.1, -0.05) is 30.3 Å². The first-order valence-electron chi connectivity index (χ1n) is 7.27. The van der Waals surface area contributed by atoms with Gasteiger partial charge in [0.2, 0.25) is 10.0 Å². The van der Waals surface area contributed by atoms with Gasteiger partial charge in [-0.25, -0.2) is 31.9 Å². The van der Waals surface area contributed by atoms with E-state index in [9.17, 15) is 17.2 Å². The molecule has 0 spiro atoms. The van der Waals surface area contributed by atoms with Crippen LogP contribution >= 0.6 is 0 Å². The van der Waals surface area contributed by atoms with Gasteiger partial charge in [-0.2, -0.15) is 0 Å². The third-order valence-corrected chi connectivity index (χ3v) is 4.85. The molecule has 1 aromatic heterocycles. The summed E-state index contributed by atoms with van der Waals surface area (Å²) in [7, 11) is -4.14. The molecule has 0 radical (unpaired) electrons. The van der Waals surface area contributed by atoms with Crippen LogP contribution in [0.1, 0.15) is 5.69 Å². The molecule has 0 bridgehead atoms. The molecule has 3 rings (SSSR count). The number of aromatic nitrogens is 2. The SMILES string of the molecule is O=S(=O)(NCc1cc(-c2ccccc2)ncn1)c1ccc(F)cc1F. The summed E-state index contributed by atoms with van der Waals surface area (Å²) in [5.41, 5.74) is 1.91. The van der Waals surface area contributed by atoms with Crippen molar-refractivity contribution in [1.29, 1.82) is 0 Å². The molecule has 0 aliphatic heterocycles.